The van der Waals surface area contributed by atoms with Crippen molar-refractivity contribution in [2.45, 2.75) is 83.1 Å². The second kappa shape index (κ2) is 10.1. The summed E-state index contributed by atoms with van der Waals surface area (Å²) in [5.41, 5.74) is 5.91. The van der Waals surface area contributed by atoms with E-state index in [1.165, 1.54) is 18.4 Å². The van der Waals surface area contributed by atoms with Gasteiger partial charge in [0.05, 0.1) is 35.1 Å². The van der Waals surface area contributed by atoms with E-state index in [9.17, 15) is 4.79 Å². The third-order valence-electron chi connectivity index (χ3n) is 8.43. The molecule has 2 aromatic heterocycles. The number of hydrogen-bond acceptors (Lipinski definition) is 8. The van der Waals surface area contributed by atoms with Gasteiger partial charge in [-0.1, -0.05) is 40.8 Å². The van der Waals surface area contributed by atoms with Gasteiger partial charge in [0.25, 0.3) is 0 Å². The van der Waals surface area contributed by atoms with Crippen LogP contribution < -0.4 is 4.90 Å². The topological polar surface area (TPSA) is 77.7 Å². The van der Waals surface area contributed by atoms with Crippen molar-refractivity contribution in [2.24, 2.45) is 0 Å². The molecule has 4 heterocycles. The summed E-state index contributed by atoms with van der Waals surface area (Å²) >= 11 is 1.67. The third-order valence-corrected chi connectivity index (χ3v) is 9.46. The fourth-order valence-electron chi connectivity index (χ4n) is 6.32. The zero-order valence-corrected chi connectivity index (χ0v) is 23.2. The van der Waals surface area contributed by atoms with Crippen LogP contribution in [-0.4, -0.2) is 40.9 Å². The number of carbonyl (C=O) groups excluding carboxylic acids is 1. The number of rotatable bonds is 8. The van der Waals surface area contributed by atoms with Gasteiger partial charge in [-0.05, 0) is 76.1 Å². The molecule has 2 saturated heterocycles. The molecule has 7 rings (SSSR count). The van der Waals surface area contributed by atoms with E-state index < -0.39 is 0 Å². The van der Waals surface area contributed by atoms with Crippen molar-refractivity contribution in [2.75, 3.05) is 11.5 Å². The summed E-state index contributed by atoms with van der Waals surface area (Å²) in [6.07, 6.45) is 6.83. The lowest BCUT2D eigenvalue weighted by atomic mass is 9.99. The van der Waals surface area contributed by atoms with Gasteiger partial charge in [0.2, 0.25) is 0 Å². The number of hydrogen-bond donors (Lipinski definition) is 0. The van der Waals surface area contributed by atoms with E-state index in [0.29, 0.717) is 36.8 Å². The number of aryl methyl sites for hydroxylation is 1. The molecule has 8 heteroatoms. The largest absolute Gasteiger partial charge is 0.462 e. The van der Waals surface area contributed by atoms with Gasteiger partial charge >= 0.3 is 5.97 Å². The molecule has 4 aromatic rings. The fraction of sp³-hybridized carbons (Fsp3) is 0.452. The number of nitrogens with zero attached hydrogens (tertiary/aromatic N) is 3. The van der Waals surface area contributed by atoms with Crippen LogP contribution in [0.4, 0.5) is 5.13 Å². The highest BCUT2D eigenvalue weighted by atomic mass is 32.1. The molecule has 0 amide bonds. The van der Waals surface area contributed by atoms with E-state index in [2.05, 4.69) is 41.2 Å². The number of benzene rings is 2. The molecule has 0 radical (unpaired) electrons. The van der Waals surface area contributed by atoms with Crippen LogP contribution in [0.3, 0.4) is 0 Å². The van der Waals surface area contributed by atoms with Gasteiger partial charge in [0, 0.05) is 29.1 Å². The van der Waals surface area contributed by atoms with Crippen LogP contribution in [0.2, 0.25) is 0 Å². The van der Waals surface area contributed by atoms with Crippen molar-refractivity contribution in [3.05, 3.63) is 64.9 Å². The van der Waals surface area contributed by atoms with Crippen LogP contribution in [0.1, 0.15) is 78.6 Å². The quantitative estimate of drug-likeness (QED) is 0.221. The standard InChI is InChI=1S/C31H33N3O4S/c1-3-36-30(35)20-10-13-26-27(14-20)39-31(32-26)34-21-11-12-22(34)16-23(15-21)37-17-25-28(24-7-5-4-6-18(24)2)33-38-29(25)19-8-9-19/h4-7,10,13-14,19,21-23H,3,8-9,11-12,15-17H2,1-2H3/t21-,22?,23-/m0/s1. The van der Waals surface area contributed by atoms with Gasteiger partial charge in [-0.25, -0.2) is 9.78 Å². The number of thiazole rings is 1. The number of fused-ring (bicyclic) bond motifs is 3. The van der Waals surface area contributed by atoms with Gasteiger partial charge < -0.3 is 18.9 Å². The molecule has 39 heavy (non-hydrogen) atoms. The number of piperidine rings is 1. The van der Waals surface area contributed by atoms with Gasteiger partial charge in [-0.3, -0.25) is 0 Å². The van der Waals surface area contributed by atoms with E-state index in [-0.39, 0.29) is 12.1 Å². The Balaban J connectivity index is 1.07. The molecule has 1 aliphatic carbocycles. The van der Waals surface area contributed by atoms with E-state index >= 15 is 0 Å². The van der Waals surface area contributed by atoms with Crippen LogP contribution in [-0.2, 0) is 16.1 Å². The first kappa shape index (κ1) is 24.8. The van der Waals surface area contributed by atoms with Gasteiger partial charge in [0.1, 0.15) is 11.5 Å². The van der Waals surface area contributed by atoms with Crippen LogP contribution in [0.5, 0.6) is 0 Å². The first-order valence-corrected chi connectivity index (χ1v) is 14.9. The molecule has 3 aliphatic rings. The van der Waals surface area contributed by atoms with E-state index in [1.54, 1.807) is 11.3 Å². The smallest absolute Gasteiger partial charge is 0.338 e. The van der Waals surface area contributed by atoms with E-state index in [1.807, 2.05) is 25.1 Å². The highest BCUT2D eigenvalue weighted by Crippen LogP contribution is 2.46. The highest BCUT2D eigenvalue weighted by molar-refractivity contribution is 7.22. The van der Waals surface area contributed by atoms with Crippen molar-refractivity contribution in [3.63, 3.8) is 0 Å². The molecule has 7 nitrogen and oxygen atoms in total. The summed E-state index contributed by atoms with van der Waals surface area (Å²) < 4.78 is 18.7. The maximum Gasteiger partial charge on any atom is 0.338 e. The Labute approximate surface area is 232 Å². The maximum absolute atomic E-state index is 12.2. The molecule has 2 bridgehead atoms. The summed E-state index contributed by atoms with van der Waals surface area (Å²) in [5.74, 6) is 1.22. The van der Waals surface area contributed by atoms with Gasteiger partial charge in [0.15, 0.2) is 5.13 Å². The molecule has 0 N–H and O–H groups in total. The summed E-state index contributed by atoms with van der Waals surface area (Å²) in [6.45, 7) is 4.86. The Morgan fingerprint density at radius 1 is 1.10 bits per heavy atom. The normalized spacial score (nSPS) is 22.5. The average Bonchev–Trinajstić information content (AvgIpc) is 3.46. The molecule has 0 spiro atoms. The number of carbonyl (C=O) groups is 1. The first-order chi connectivity index (χ1) is 19.1. The summed E-state index contributed by atoms with van der Waals surface area (Å²) in [4.78, 5) is 19.7. The molecule has 2 aromatic carbocycles. The molecule has 1 saturated carbocycles. The number of ether oxygens (including phenoxy) is 2. The lowest BCUT2D eigenvalue weighted by Crippen LogP contribution is -2.45. The Morgan fingerprint density at radius 3 is 2.64 bits per heavy atom. The monoisotopic (exact) mass is 543 g/mol. The number of anilines is 1. The van der Waals surface area contributed by atoms with Crippen molar-refractivity contribution < 1.29 is 18.8 Å². The highest BCUT2D eigenvalue weighted by Gasteiger charge is 2.43. The molecule has 3 fully saturated rings. The molecule has 202 valence electrons. The fourth-order valence-corrected chi connectivity index (χ4v) is 7.47. The molecule has 3 atom stereocenters. The summed E-state index contributed by atoms with van der Waals surface area (Å²) in [5, 5.41) is 5.57. The Morgan fingerprint density at radius 2 is 1.90 bits per heavy atom. The minimum absolute atomic E-state index is 0.204. The SMILES string of the molecule is CCOC(=O)c1ccc2nc(N3C4CC[C@H]3C[C@H](OCc3c(-c5ccccc5C)noc3C3CC3)C4)sc2c1. The molecular weight excluding hydrogens is 510 g/mol. The Bertz CT molecular complexity index is 1510. The van der Waals surface area contributed by atoms with Gasteiger partial charge in [-0.2, -0.15) is 0 Å². The molecule has 2 aliphatic heterocycles. The Kier molecular flexibility index (Phi) is 6.40. The van der Waals surface area contributed by atoms with Crippen LogP contribution in [0, 0.1) is 6.92 Å². The van der Waals surface area contributed by atoms with Crippen LogP contribution in [0.15, 0.2) is 47.0 Å². The minimum Gasteiger partial charge on any atom is -0.462 e. The predicted octanol–water partition coefficient (Wildman–Crippen LogP) is 7.03. The first-order valence-electron chi connectivity index (χ1n) is 14.1. The van der Waals surface area contributed by atoms with Crippen molar-refractivity contribution >= 4 is 32.7 Å². The summed E-state index contributed by atoms with van der Waals surface area (Å²) in [6, 6.07) is 14.9. The van der Waals surface area contributed by atoms with Crippen molar-refractivity contribution in [1.29, 1.82) is 0 Å². The zero-order valence-electron chi connectivity index (χ0n) is 22.4. The second-order valence-electron chi connectivity index (χ2n) is 11.1. The van der Waals surface area contributed by atoms with Crippen molar-refractivity contribution in [3.8, 4) is 11.3 Å². The number of aromatic nitrogens is 2. The Hall–Kier alpha value is -3.23. The zero-order chi connectivity index (χ0) is 26.5. The third kappa shape index (κ3) is 4.63. The molecule has 1 unspecified atom stereocenters. The molecular formula is C31H33N3O4S. The average molecular weight is 544 g/mol. The van der Waals surface area contributed by atoms with E-state index in [0.717, 1.165) is 63.6 Å². The second-order valence-corrected chi connectivity index (χ2v) is 12.1. The predicted molar refractivity (Wildman–Crippen MR) is 151 cm³/mol. The minimum atomic E-state index is -0.282. The lowest BCUT2D eigenvalue weighted by molar-refractivity contribution is 0.0147. The summed E-state index contributed by atoms with van der Waals surface area (Å²) in [7, 11) is 0. The van der Waals surface area contributed by atoms with Gasteiger partial charge in [-0.15, -0.1) is 0 Å². The van der Waals surface area contributed by atoms with Crippen LogP contribution in [0.25, 0.3) is 21.5 Å². The number of esters is 1. The van der Waals surface area contributed by atoms with E-state index in [4.69, 9.17) is 19.0 Å². The lowest BCUT2D eigenvalue weighted by Gasteiger charge is -2.38. The maximum atomic E-state index is 12.2. The van der Waals surface area contributed by atoms with Crippen LogP contribution >= 0.6 is 11.3 Å². The van der Waals surface area contributed by atoms with Crippen molar-refractivity contribution in [1.82, 2.24) is 10.1 Å².